The van der Waals surface area contributed by atoms with Gasteiger partial charge in [0.25, 0.3) is 11.7 Å². The number of nitrogens with one attached hydrogen (secondary N) is 1. The number of methoxy groups -OCH3 is 1. The van der Waals surface area contributed by atoms with E-state index in [9.17, 15) is 9.59 Å². The van der Waals surface area contributed by atoms with Crippen LogP contribution < -0.4 is 4.74 Å². The van der Waals surface area contributed by atoms with E-state index in [2.05, 4.69) is 29.9 Å². The van der Waals surface area contributed by atoms with E-state index in [0.717, 1.165) is 23.4 Å². The molecule has 186 valence electrons. The Hall–Kier alpha value is -4.85. The van der Waals surface area contributed by atoms with Gasteiger partial charge in [-0.1, -0.05) is 11.6 Å². The number of H-pyrrole nitrogens is 1. The number of nitrogens with zero attached hydrogens (tertiary/aromatic N) is 7. The molecule has 1 saturated heterocycles. The summed E-state index contributed by atoms with van der Waals surface area (Å²) in [6.07, 6.45) is -5.21. The summed E-state index contributed by atoms with van der Waals surface area (Å²) in [6, 6.07) is -1.46. The number of hydrogen-bond donors (Lipinski definition) is 1. The van der Waals surface area contributed by atoms with E-state index >= 15 is 0 Å². The SMILES string of the molecule is [2H]c1nc(C([N+]#[C-])=C2C([2H])([2H])C([2H])([2H])N(C(=O)C(=O)c3c[nH]c4c(-n5cnc(C([2H])([2H])[2H])n5)ncc(OC)c34)C([2H])([2H])C2([2H])[2H])c([2H])c([2H])c1C. The third-order valence-electron chi connectivity index (χ3n) is 5.09. The average Bonchev–Trinajstić information content (AvgIpc) is 3.71. The molecule has 0 bridgehead atoms. The highest BCUT2D eigenvalue weighted by Gasteiger charge is 2.30. The zero-order valence-electron chi connectivity index (χ0n) is 33.1. The number of Topliss-reactive ketones (excluding diaryl/α,β-unsaturated/α-hetero) is 1. The molecule has 0 aromatic carbocycles. The van der Waals surface area contributed by atoms with Gasteiger partial charge in [-0.15, -0.1) is 0 Å². The largest absolute Gasteiger partial charge is 0.494 e. The van der Waals surface area contributed by atoms with E-state index in [4.69, 9.17) is 30.5 Å². The Kier molecular flexibility index (Phi) is 3.24. The summed E-state index contributed by atoms with van der Waals surface area (Å²) in [5.74, 6) is -4.55. The normalized spacial score (nSPS) is 24.8. The van der Waals surface area contributed by atoms with Crippen LogP contribution in [0.15, 0.2) is 42.6 Å². The molecule has 1 amide bonds. The first-order valence-electron chi connectivity index (χ1n) is 17.3. The van der Waals surface area contributed by atoms with Crippen LogP contribution in [0.2, 0.25) is 0 Å². The highest BCUT2D eigenvalue weighted by atomic mass is 16.5. The van der Waals surface area contributed by atoms with Gasteiger partial charge < -0.3 is 14.6 Å². The van der Waals surface area contributed by atoms with Gasteiger partial charge in [-0.2, -0.15) is 5.10 Å². The Balaban J connectivity index is 1.68. The number of hydrogen-bond acceptors (Lipinski definition) is 7. The highest BCUT2D eigenvalue weighted by Crippen LogP contribution is 2.32. The monoisotopic (exact) mass is 510 g/mol. The van der Waals surface area contributed by atoms with Crippen LogP contribution in [0, 0.1) is 20.3 Å². The molecule has 0 saturated carbocycles. The lowest BCUT2D eigenvalue weighted by atomic mass is 9.99. The Morgan fingerprint density at radius 2 is 2.08 bits per heavy atom. The number of piperidine rings is 1. The highest BCUT2D eigenvalue weighted by molar-refractivity contribution is 6.45. The van der Waals surface area contributed by atoms with E-state index in [-0.39, 0.29) is 28.0 Å². The first-order valence-corrected chi connectivity index (χ1v) is 10.3. The van der Waals surface area contributed by atoms with Crippen molar-refractivity contribution in [1.29, 1.82) is 0 Å². The summed E-state index contributed by atoms with van der Waals surface area (Å²) in [4.78, 5) is 44.6. The van der Waals surface area contributed by atoms with Crippen molar-refractivity contribution < 1.29 is 33.5 Å². The molecule has 0 radical (unpaired) electrons. The summed E-state index contributed by atoms with van der Waals surface area (Å²) < 4.78 is 123. The molecule has 1 aliphatic rings. The molecule has 0 spiro atoms. The maximum Gasteiger partial charge on any atom is 0.295 e. The molecule has 0 aliphatic carbocycles. The predicted octanol–water partition coefficient (Wildman–Crippen LogP) is 3.30. The van der Waals surface area contributed by atoms with Crippen molar-refractivity contribution in [2.75, 3.05) is 20.1 Å². The fourth-order valence-corrected chi connectivity index (χ4v) is 3.38. The summed E-state index contributed by atoms with van der Waals surface area (Å²) in [5, 5.41) is 3.68. The van der Waals surface area contributed by atoms with Crippen LogP contribution in [-0.4, -0.2) is 66.4 Å². The number of aromatic nitrogens is 6. The number of likely N-dealkylation sites (tertiary alicyclic amines) is 1. The molecular formula is C26H24N8O3. The van der Waals surface area contributed by atoms with Crippen LogP contribution in [0.1, 0.15) is 59.4 Å². The molecule has 4 aromatic rings. The minimum Gasteiger partial charge on any atom is -0.494 e. The van der Waals surface area contributed by atoms with Gasteiger partial charge in [0.15, 0.2) is 5.82 Å². The molecule has 4 aromatic heterocycles. The Bertz CT molecular complexity index is 2190. The molecule has 5 heterocycles. The van der Waals surface area contributed by atoms with Crippen molar-refractivity contribution in [2.24, 2.45) is 0 Å². The number of carbonyl (C=O) groups is 2. The van der Waals surface area contributed by atoms with E-state index in [0.29, 0.717) is 0 Å². The third kappa shape index (κ3) is 4.33. The minimum atomic E-state index is -3.92. The van der Waals surface area contributed by atoms with E-state index in [1.165, 1.54) is 14.0 Å². The molecule has 0 unspecified atom stereocenters. The van der Waals surface area contributed by atoms with E-state index < -0.39 is 95.8 Å². The number of ketones is 1. The van der Waals surface area contributed by atoms with Gasteiger partial charge in [-0.25, -0.2) is 19.5 Å². The summed E-state index contributed by atoms with van der Waals surface area (Å²) in [6.45, 7) is -1.55. The summed E-state index contributed by atoms with van der Waals surface area (Å²) >= 11 is 0. The summed E-state index contributed by atoms with van der Waals surface area (Å²) in [5.41, 5.74) is -4.35. The van der Waals surface area contributed by atoms with Crippen LogP contribution in [0.5, 0.6) is 5.75 Å². The van der Waals surface area contributed by atoms with Crippen LogP contribution in [0.25, 0.3) is 27.3 Å². The van der Waals surface area contributed by atoms with Gasteiger partial charge in [0.05, 0.1) is 46.2 Å². The van der Waals surface area contributed by atoms with Crippen molar-refractivity contribution in [3.05, 3.63) is 76.6 Å². The van der Waals surface area contributed by atoms with Gasteiger partial charge in [-0.05, 0) is 38.1 Å². The fourth-order valence-electron chi connectivity index (χ4n) is 3.38. The number of carbonyl (C=O) groups excluding carboxylic acids is 2. The second-order valence-corrected chi connectivity index (χ2v) is 7.34. The quantitative estimate of drug-likeness (QED) is 0.248. The number of rotatable bonds is 5. The number of amides is 1. The molecule has 0 atom stereocenters. The van der Waals surface area contributed by atoms with Gasteiger partial charge in [0.1, 0.15) is 17.9 Å². The van der Waals surface area contributed by atoms with E-state index in [1.807, 2.05) is 0 Å². The average molecular weight is 511 g/mol. The lowest BCUT2D eigenvalue weighted by Crippen LogP contribution is -2.40. The van der Waals surface area contributed by atoms with Gasteiger partial charge in [-0.3, -0.25) is 14.6 Å². The Labute approximate surface area is 232 Å². The standard InChI is InChI=1S/C26H24N8O3/c1-15-5-6-19(28-11-15)22(27-3)17-7-9-33(10-8-17)26(36)24(35)18-12-29-23-21(18)20(37-4)13-30-25(23)34-14-31-16(2)32-34/h5-6,11-14,29H,7-10H2,1-2,4H3/i2D3,5D,6D,7D2,8D2,9D2,10D2,11D. The first-order chi connectivity index (χ1) is 23.4. The van der Waals surface area contributed by atoms with Crippen molar-refractivity contribution in [3.8, 4) is 11.6 Å². The second-order valence-electron chi connectivity index (χ2n) is 7.34. The number of ether oxygens (including phenoxy) is 1. The molecule has 5 rings (SSSR count). The Morgan fingerprint density at radius 3 is 2.78 bits per heavy atom. The first kappa shape index (κ1) is 12.4. The Morgan fingerprint density at radius 1 is 1.27 bits per heavy atom. The summed E-state index contributed by atoms with van der Waals surface area (Å²) in [7, 11) is 1.17. The third-order valence-corrected chi connectivity index (χ3v) is 5.09. The predicted molar refractivity (Wildman–Crippen MR) is 135 cm³/mol. The lowest BCUT2D eigenvalue weighted by molar-refractivity contribution is -0.126. The smallest absolute Gasteiger partial charge is 0.295 e. The van der Waals surface area contributed by atoms with Crippen LogP contribution in [-0.2, 0) is 4.79 Å². The molecule has 11 nitrogen and oxygen atoms in total. The molecule has 37 heavy (non-hydrogen) atoms. The van der Waals surface area contributed by atoms with Crippen LogP contribution in [0.4, 0.5) is 0 Å². The van der Waals surface area contributed by atoms with Gasteiger partial charge in [0.2, 0.25) is 5.70 Å². The molecule has 11 heteroatoms. The van der Waals surface area contributed by atoms with Crippen LogP contribution in [0.3, 0.4) is 0 Å². The molecule has 1 fully saturated rings. The van der Waals surface area contributed by atoms with Gasteiger partial charge in [0, 0.05) is 40.4 Å². The molecule has 1 N–H and O–H groups in total. The molecule has 1 aliphatic heterocycles. The van der Waals surface area contributed by atoms with Gasteiger partial charge >= 0.3 is 0 Å². The minimum absolute atomic E-state index is 0.0749. The van der Waals surface area contributed by atoms with Crippen LogP contribution >= 0.6 is 0 Å². The molecular weight excluding hydrogens is 472 g/mol. The zero-order valence-corrected chi connectivity index (χ0v) is 19.1. The van der Waals surface area contributed by atoms with Crippen molar-refractivity contribution in [3.63, 3.8) is 0 Å². The van der Waals surface area contributed by atoms with E-state index in [1.54, 1.807) is 0 Å². The fraction of sp³-hybridized carbons (Fsp3) is 0.269. The second kappa shape index (κ2) is 9.66. The number of aromatic amines is 1. The topological polar surface area (TPSA) is 123 Å². The van der Waals surface area contributed by atoms with Crippen molar-refractivity contribution in [1.82, 2.24) is 34.6 Å². The maximum absolute atomic E-state index is 13.9. The van der Waals surface area contributed by atoms with Crippen molar-refractivity contribution in [2.45, 2.75) is 26.5 Å². The number of fused-ring (bicyclic) bond motifs is 1. The number of pyridine rings is 2. The lowest BCUT2D eigenvalue weighted by Gasteiger charge is -2.28. The number of aryl methyl sites for hydroxylation is 1. The maximum atomic E-state index is 13.9. The van der Waals surface area contributed by atoms with Crippen molar-refractivity contribution >= 4 is 28.3 Å². The zero-order chi connectivity index (χ0) is 38.4.